The van der Waals surface area contributed by atoms with Crippen LogP contribution in [0.1, 0.15) is 22.3 Å². The number of amides is 1. The van der Waals surface area contributed by atoms with E-state index in [2.05, 4.69) is 54.0 Å². The fourth-order valence-electron chi connectivity index (χ4n) is 3.13. The normalized spacial score (nSPS) is 11.0. The fourth-order valence-corrected chi connectivity index (χ4v) is 3.96. The molecule has 0 radical (unpaired) electrons. The zero-order chi connectivity index (χ0) is 21.6. The molecule has 31 heavy (non-hydrogen) atoms. The van der Waals surface area contributed by atoms with E-state index in [1.54, 1.807) is 17.4 Å². The smallest absolute Gasteiger partial charge is 0.244 e. The Hall–Kier alpha value is -3.50. The van der Waals surface area contributed by atoms with Gasteiger partial charge in [0.1, 0.15) is 5.01 Å². The van der Waals surface area contributed by atoms with Crippen LogP contribution in [0, 0.1) is 13.8 Å². The predicted octanol–water partition coefficient (Wildman–Crippen LogP) is 6.42. The van der Waals surface area contributed by atoms with Gasteiger partial charge in [-0.15, -0.1) is 11.3 Å². The maximum absolute atomic E-state index is 12.1. The van der Waals surface area contributed by atoms with E-state index < -0.39 is 0 Å². The van der Waals surface area contributed by atoms with Gasteiger partial charge in [-0.25, -0.2) is 4.98 Å². The Morgan fingerprint density at radius 1 is 0.871 bits per heavy atom. The molecule has 3 nitrogen and oxygen atoms in total. The lowest BCUT2D eigenvalue weighted by Gasteiger charge is -2.04. The number of nitrogens with one attached hydrogen (secondary N) is 1. The lowest BCUT2D eigenvalue weighted by molar-refractivity contribution is -0.116. The number of aryl methyl sites for hydroxylation is 2. The van der Waals surface area contributed by atoms with Crippen molar-refractivity contribution in [3.8, 4) is 21.8 Å². The Morgan fingerprint density at radius 3 is 2.16 bits per heavy atom. The van der Waals surface area contributed by atoms with Gasteiger partial charge in [0, 0.05) is 29.1 Å². The van der Waals surface area contributed by atoms with E-state index in [1.165, 1.54) is 11.1 Å². The average Bonchev–Trinajstić information content (AvgIpc) is 3.28. The zero-order valence-electron chi connectivity index (χ0n) is 17.6. The molecule has 0 atom stereocenters. The first-order valence-corrected chi connectivity index (χ1v) is 11.1. The summed E-state index contributed by atoms with van der Waals surface area (Å²) < 4.78 is 0. The van der Waals surface area contributed by atoms with Gasteiger partial charge >= 0.3 is 0 Å². The summed E-state index contributed by atoms with van der Waals surface area (Å²) >= 11 is 1.64. The first kappa shape index (κ1) is 20.8. The first-order valence-electron chi connectivity index (χ1n) is 10.2. The van der Waals surface area contributed by atoms with E-state index >= 15 is 0 Å². The summed E-state index contributed by atoms with van der Waals surface area (Å²) in [4.78, 5) is 16.9. The molecule has 0 aliphatic carbocycles. The summed E-state index contributed by atoms with van der Waals surface area (Å²) in [5.41, 5.74) is 7.72. The second-order valence-electron chi connectivity index (χ2n) is 7.56. The van der Waals surface area contributed by atoms with Crippen LogP contribution < -0.4 is 5.32 Å². The van der Waals surface area contributed by atoms with Crippen molar-refractivity contribution in [3.05, 3.63) is 107 Å². The van der Waals surface area contributed by atoms with Gasteiger partial charge in [-0.2, -0.15) is 0 Å². The summed E-state index contributed by atoms with van der Waals surface area (Å²) in [5, 5.41) is 6.02. The van der Waals surface area contributed by atoms with Crippen LogP contribution >= 0.6 is 11.3 Å². The molecule has 0 aliphatic heterocycles. The van der Waals surface area contributed by atoms with Crippen molar-refractivity contribution in [2.75, 3.05) is 0 Å². The lowest BCUT2D eigenvalue weighted by atomic mass is 10.1. The van der Waals surface area contributed by atoms with E-state index in [0.29, 0.717) is 6.54 Å². The molecule has 0 unspecified atom stereocenters. The molecular weight excluding hydrogens is 400 g/mol. The molecule has 4 heteroatoms. The minimum absolute atomic E-state index is 0.104. The molecule has 3 aromatic carbocycles. The maximum atomic E-state index is 12.1. The van der Waals surface area contributed by atoms with Gasteiger partial charge in [0.2, 0.25) is 5.91 Å². The minimum Gasteiger partial charge on any atom is -0.348 e. The summed E-state index contributed by atoms with van der Waals surface area (Å²) in [6.07, 6.45) is 3.40. The van der Waals surface area contributed by atoms with Gasteiger partial charge < -0.3 is 5.32 Å². The van der Waals surface area contributed by atoms with E-state index in [-0.39, 0.29) is 5.91 Å². The predicted molar refractivity (Wildman–Crippen MR) is 130 cm³/mol. The Balaban J connectivity index is 1.34. The quantitative estimate of drug-likeness (QED) is 0.363. The fraction of sp³-hybridized carbons (Fsp3) is 0.111. The Kier molecular flexibility index (Phi) is 6.39. The van der Waals surface area contributed by atoms with Crippen LogP contribution in [-0.2, 0) is 11.3 Å². The van der Waals surface area contributed by atoms with Gasteiger partial charge in [-0.05, 0) is 31.1 Å². The SMILES string of the molecule is Cc1ccc(/C=C/C(=O)NCc2ccc(-c3nc(-c4ccc(C)cc4)cs3)cc2)cc1. The highest BCUT2D eigenvalue weighted by molar-refractivity contribution is 7.13. The Bertz CT molecular complexity index is 1190. The molecule has 4 aromatic rings. The van der Waals surface area contributed by atoms with Gasteiger partial charge in [0.05, 0.1) is 5.69 Å². The molecule has 0 bridgehead atoms. The molecule has 1 N–H and O–H groups in total. The van der Waals surface area contributed by atoms with Crippen molar-refractivity contribution in [2.45, 2.75) is 20.4 Å². The molecule has 4 rings (SSSR count). The lowest BCUT2D eigenvalue weighted by Crippen LogP contribution is -2.20. The highest BCUT2D eigenvalue weighted by Gasteiger charge is 2.07. The van der Waals surface area contributed by atoms with Crippen LogP contribution in [0.2, 0.25) is 0 Å². The molecular formula is C27H24N2OS. The van der Waals surface area contributed by atoms with Crippen molar-refractivity contribution in [3.63, 3.8) is 0 Å². The number of rotatable bonds is 6. The van der Waals surface area contributed by atoms with E-state index in [1.807, 2.05) is 49.4 Å². The maximum Gasteiger partial charge on any atom is 0.244 e. The largest absolute Gasteiger partial charge is 0.348 e. The van der Waals surface area contributed by atoms with Gasteiger partial charge in [-0.3, -0.25) is 4.79 Å². The zero-order valence-corrected chi connectivity index (χ0v) is 18.4. The topological polar surface area (TPSA) is 42.0 Å². The summed E-state index contributed by atoms with van der Waals surface area (Å²) in [7, 11) is 0. The third-order valence-electron chi connectivity index (χ3n) is 5.02. The molecule has 0 saturated carbocycles. The van der Waals surface area contributed by atoms with E-state index in [0.717, 1.165) is 33.0 Å². The van der Waals surface area contributed by atoms with Crippen LogP contribution in [0.4, 0.5) is 0 Å². The number of hydrogen-bond acceptors (Lipinski definition) is 3. The standard InChI is InChI=1S/C27H24N2OS/c1-19-3-7-21(8-4-19)11-16-26(30)28-17-22-9-14-24(15-10-22)27-29-25(18-31-27)23-12-5-20(2)6-13-23/h3-16,18H,17H2,1-2H3,(H,28,30)/b16-11+. The van der Waals surface area contributed by atoms with Crippen molar-refractivity contribution < 1.29 is 4.79 Å². The summed E-state index contributed by atoms with van der Waals surface area (Å²) in [6.45, 7) is 4.62. The molecule has 0 aliphatic rings. The van der Waals surface area contributed by atoms with Crippen LogP contribution in [0.15, 0.2) is 84.3 Å². The number of benzene rings is 3. The van der Waals surface area contributed by atoms with Crippen molar-refractivity contribution in [1.82, 2.24) is 10.3 Å². The minimum atomic E-state index is -0.104. The first-order chi connectivity index (χ1) is 15.1. The third kappa shape index (κ3) is 5.56. The van der Waals surface area contributed by atoms with Crippen LogP contribution in [0.25, 0.3) is 27.9 Å². The van der Waals surface area contributed by atoms with Gasteiger partial charge in [0.15, 0.2) is 0 Å². The van der Waals surface area contributed by atoms with Crippen LogP contribution in [-0.4, -0.2) is 10.9 Å². The van der Waals surface area contributed by atoms with Crippen molar-refractivity contribution in [1.29, 1.82) is 0 Å². The molecule has 0 saturated heterocycles. The number of thiazole rings is 1. The Labute approximate surface area is 187 Å². The van der Waals surface area contributed by atoms with Crippen molar-refractivity contribution >= 4 is 23.3 Å². The molecule has 0 fully saturated rings. The molecule has 1 heterocycles. The second kappa shape index (κ2) is 9.54. The summed E-state index contributed by atoms with van der Waals surface area (Å²) in [6, 6.07) is 24.7. The highest BCUT2D eigenvalue weighted by Crippen LogP contribution is 2.29. The van der Waals surface area contributed by atoms with Crippen LogP contribution in [0.5, 0.6) is 0 Å². The summed E-state index contributed by atoms with van der Waals surface area (Å²) in [5.74, 6) is -0.104. The van der Waals surface area contributed by atoms with Crippen molar-refractivity contribution in [2.24, 2.45) is 0 Å². The number of aromatic nitrogens is 1. The second-order valence-corrected chi connectivity index (χ2v) is 8.42. The number of carbonyl (C=O) groups is 1. The molecule has 0 spiro atoms. The van der Waals surface area contributed by atoms with Gasteiger partial charge in [0.25, 0.3) is 0 Å². The van der Waals surface area contributed by atoms with Crippen LogP contribution in [0.3, 0.4) is 0 Å². The highest BCUT2D eigenvalue weighted by atomic mass is 32.1. The molecule has 1 aromatic heterocycles. The molecule has 154 valence electrons. The monoisotopic (exact) mass is 424 g/mol. The average molecular weight is 425 g/mol. The van der Waals surface area contributed by atoms with E-state index in [9.17, 15) is 4.79 Å². The third-order valence-corrected chi connectivity index (χ3v) is 5.92. The number of hydrogen-bond donors (Lipinski definition) is 1. The number of nitrogens with zero attached hydrogens (tertiary/aromatic N) is 1. The van der Waals surface area contributed by atoms with Gasteiger partial charge in [-0.1, -0.05) is 83.9 Å². The molecule has 1 amide bonds. The van der Waals surface area contributed by atoms with E-state index in [4.69, 9.17) is 4.98 Å². The Morgan fingerprint density at radius 2 is 1.48 bits per heavy atom. The number of carbonyl (C=O) groups excluding carboxylic acids is 1.